The molecule has 1 aromatic heterocycles. The van der Waals surface area contributed by atoms with Crippen LogP contribution in [0.15, 0.2) is 42.7 Å². The van der Waals surface area contributed by atoms with Crippen LogP contribution >= 0.6 is 0 Å². The summed E-state index contributed by atoms with van der Waals surface area (Å²) in [5, 5.41) is 0. The first kappa shape index (κ1) is 22.7. The number of hydrogen-bond acceptors (Lipinski definition) is 6. The Morgan fingerprint density at radius 2 is 1.94 bits per heavy atom. The molecule has 0 spiro atoms. The largest absolute Gasteiger partial charge is 0.437 e. The lowest BCUT2D eigenvalue weighted by molar-refractivity contribution is -0.144. The molecule has 0 radical (unpaired) electrons. The fourth-order valence-electron chi connectivity index (χ4n) is 4.65. The highest BCUT2D eigenvalue weighted by atomic mass is 32.2. The van der Waals surface area contributed by atoms with Crippen LogP contribution in [0, 0.1) is 5.41 Å². The van der Waals surface area contributed by atoms with Crippen LogP contribution in [-0.4, -0.2) is 65.9 Å². The summed E-state index contributed by atoms with van der Waals surface area (Å²) in [4.78, 5) is 24.3. The van der Waals surface area contributed by atoms with Gasteiger partial charge in [-0.2, -0.15) is 0 Å². The monoisotopic (exact) mass is 458 g/mol. The third-order valence-corrected chi connectivity index (χ3v) is 7.62. The predicted octanol–water partition coefficient (Wildman–Crippen LogP) is 3.04. The molecule has 1 amide bonds. The second kappa shape index (κ2) is 9.15. The Kier molecular flexibility index (Phi) is 6.48. The molecule has 4 rings (SSSR count). The molecule has 3 heterocycles. The minimum absolute atomic E-state index is 0.0280. The van der Waals surface area contributed by atoms with E-state index < -0.39 is 15.4 Å². The zero-order chi connectivity index (χ0) is 22.8. The number of likely N-dealkylation sites (tertiary alicyclic amines) is 1. The van der Waals surface area contributed by atoms with Gasteiger partial charge in [-0.05, 0) is 44.7 Å². The van der Waals surface area contributed by atoms with Gasteiger partial charge in [-0.1, -0.05) is 18.2 Å². The SMILES string of the molecule is C[C@@]1(C(=O)N2CCC[C@@H](c3cncc(Oc4ccccc4)n3)C2)CCCN(S(C)(=O)=O)C1. The van der Waals surface area contributed by atoms with Crippen LogP contribution in [0.1, 0.15) is 44.2 Å². The Balaban J connectivity index is 1.46. The lowest BCUT2D eigenvalue weighted by atomic mass is 9.80. The van der Waals surface area contributed by atoms with E-state index in [-0.39, 0.29) is 18.4 Å². The van der Waals surface area contributed by atoms with E-state index in [1.54, 1.807) is 12.4 Å². The van der Waals surface area contributed by atoms with Crippen LogP contribution in [0.2, 0.25) is 0 Å². The summed E-state index contributed by atoms with van der Waals surface area (Å²) >= 11 is 0. The number of nitrogens with zero attached hydrogens (tertiary/aromatic N) is 4. The van der Waals surface area contributed by atoms with Crippen molar-refractivity contribution in [3.8, 4) is 11.6 Å². The van der Waals surface area contributed by atoms with Gasteiger partial charge in [0.25, 0.3) is 0 Å². The Morgan fingerprint density at radius 3 is 2.69 bits per heavy atom. The number of aromatic nitrogens is 2. The number of carbonyl (C=O) groups excluding carboxylic acids is 1. The van der Waals surface area contributed by atoms with E-state index in [1.807, 2.05) is 42.2 Å². The van der Waals surface area contributed by atoms with E-state index in [0.29, 0.717) is 44.1 Å². The third-order valence-electron chi connectivity index (χ3n) is 6.37. The zero-order valence-corrected chi connectivity index (χ0v) is 19.4. The number of carbonyl (C=O) groups is 1. The second-order valence-corrected chi connectivity index (χ2v) is 11.0. The van der Waals surface area contributed by atoms with Crippen LogP contribution in [-0.2, 0) is 14.8 Å². The van der Waals surface area contributed by atoms with Gasteiger partial charge in [0.2, 0.25) is 21.8 Å². The Morgan fingerprint density at radius 1 is 1.16 bits per heavy atom. The summed E-state index contributed by atoms with van der Waals surface area (Å²) in [6, 6.07) is 9.44. The molecule has 0 N–H and O–H groups in total. The molecule has 2 saturated heterocycles. The number of para-hydroxylation sites is 1. The second-order valence-electron chi connectivity index (χ2n) is 9.05. The highest BCUT2D eigenvalue weighted by Crippen LogP contribution is 2.35. The molecule has 2 aromatic rings. The molecule has 32 heavy (non-hydrogen) atoms. The standard InChI is InChI=1S/C23H30N4O4S/c1-23(11-7-13-27(17-23)32(2,29)30)22(28)26-12-6-8-18(16-26)20-14-24-15-21(25-20)31-19-9-4-3-5-10-19/h3-5,9-10,14-15,18H,6-8,11-13,16-17H2,1-2H3/t18-,23-/m1/s1. The molecule has 2 atom stereocenters. The summed E-state index contributed by atoms with van der Waals surface area (Å²) < 4.78 is 31.4. The molecule has 2 fully saturated rings. The maximum atomic E-state index is 13.5. The molecule has 0 bridgehead atoms. The van der Waals surface area contributed by atoms with Crippen LogP contribution in [0.5, 0.6) is 11.6 Å². The minimum atomic E-state index is -3.32. The van der Waals surface area contributed by atoms with E-state index in [2.05, 4.69) is 9.97 Å². The minimum Gasteiger partial charge on any atom is -0.437 e. The number of benzene rings is 1. The number of sulfonamides is 1. The van der Waals surface area contributed by atoms with Crippen LogP contribution < -0.4 is 4.74 Å². The number of piperidine rings is 2. The van der Waals surface area contributed by atoms with Crippen LogP contribution in [0.4, 0.5) is 0 Å². The Bertz CT molecular complexity index is 1060. The van der Waals surface area contributed by atoms with Gasteiger partial charge in [0, 0.05) is 38.3 Å². The molecule has 0 aliphatic carbocycles. The molecule has 2 aliphatic rings. The predicted molar refractivity (Wildman–Crippen MR) is 121 cm³/mol. The Hall–Kier alpha value is -2.52. The van der Waals surface area contributed by atoms with Gasteiger partial charge in [-0.3, -0.25) is 9.78 Å². The van der Waals surface area contributed by atoms with Crippen molar-refractivity contribution in [1.82, 2.24) is 19.2 Å². The van der Waals surface area contributed by atoms with Crippen molar-refractivity contribution in [3.05, 3.63) is 48.4 Å². The third kappa shape index (κ3) is 5.10. The van der Waals surface area contributed by atoms with Gasteiger partial charge >= 0.3 is 0 Å². The Labute approximate surface area is 189 Å². The summed E-state index contributed by atoms with van der Waals surface area (Å²) in [6.07, 6.45) is 7.71. The lowest BCUT2D eigenvalue weighted by Gasteiger charge is -2.43. The summed E-state index contributed by atoms with van der Waals surface area (Å²) in [6.45, 7) is 3.85. The number of ether oxygens (including phenoxy) is 1. The molecule has 2 aliphatic heterocycles. The van der Waals surface area contributed by atoms with Gasteiger partial charge in [0.05, 0.1) is 23.6 Å². The molecule has 9 heteroatoms. The topological polar surface area (TPSA) is 92.7 Å². The average molecular weight is 459 g/mol. The number of amides is 1. The van der Waals surface area contributed by atoms with E-state index in [4.69, 9.17) is 4.74 Å². The first-order valence-corrected chi connectivity index (χ1v) is 12.9. The molecule has 8 nitrogen and oxygen atoms in total. The van der Waals surface area contributed by atoms with Gasteiger partial charge in [-0.15, -0.1) is 0 Å². The van der Waals surface area contributed by atoms with Crippen molar-refractivity contribution < 1.29 is 17.9 Å². The summed E-state index contributed by atoms with van der Waals surface area (Å²) in [5.41, 5.74) is 0.107. The zero-order valence-electron chi connectivity index (χ0n) is 18.6. The highest BCUT2D eigenvalue weighted by Gasteiger charge is 2.43. The van der Waals surface area contributed by atoms with Crippen LogP contribution in [0.25, 0.3) is 0 Å². The van der Waals surface area contributed by atoms with E-state index in [1.165, 1.54) is 10.6 Å². The van der Waals surface area contributed by atoms with Crippen molar-refractivity contribution in [2.45, 2.75) is 38.5 Å². The smallest absolute Gasteiger partial charge is 0.238 e. The van der Waals surface area contributed by atoms with Crippen molar-refractivity contribution in [2.24, 2.45) is 5.41 Å². The number of hydrogen-bond donors (Lipinski definition) is 0. The van der Waals surface area contributed by atoms with E-state index in [0.717, 1.165) is 18.5 Å². The maximum absolute atomic E-state index is 13.5. The van der Waals surface area contributed by atoms with E-state index >= 15 is 0 Å². The van der Waals surface area contributed by atoms with E-state index in [9.17, 15) is 13.2 Å². The first-order chi connectivity index (χ1) is 15.2. The van der Waals surface area contributed by atoms with Crippen LogP contribution in [0.3, 0.4) is 0 Å². The van der Waals surface area contributed by atoms with Crippen molar-refractivity contribution in [3.63, 3.8) is 0 Å². The van der Waals surface area contributed by atoms with Gasteiger partial charge in [0.1, 0.15) is 5.75 Å². The first-order valence-electron chi connectivity index (χ1n) is 11.0. The molecule has 1 aromatic carbocycles. The quantitative estimate of drug-likeness (QED) is 0.684. The molecule has 172 valence electrons. The summed E-state index contributed by atoms with van der Waals surface area (Å²) in [7, 11) is -3.32. The number of rotatable bonds is 5. The fourth-order valence-corrected chi connectivity index (χ4v) is 5.63. The lowest BCUT2D eigenvalue weighted by Crippen LogP contribution is -2.54. The van der Waals surface area contributed by atoms with Crippen molar-refractivity contribution in [2.75, 3.05) is 32.4 Å². The molecule has 0 unspecified atom stereocenters. The summed E-state index contributed by atoms with van der Waals surface area (Å²) in [5.74, 6) is 1.22. The maximum Gasteiger partial charge on any atom is 0.238 e. The fraction of sp³-hybridized carbons (Fsp3) is 0.522. The average Bonchev–Trinajstić information content (AvgIpc) is 2.79. The van der Waals surface area contributed by atoms with Crippen molar-refractivity contribution in [1.29, 1.82) is 0 Å². The van der Waals surface area contributed by atoms with Gasteiger partial charge in [0.15, 0.2) is 0 Å². The highest BCUT2D eigenvalue weighted by molar-refractivity contribution is 7.88. The molecular formula is C23H30N4O4S. The van der Waals surface area contributed by atoms with Gasteiger partial charge < -0.3 is 9.64 Å². The van der Waals surface area contributed by atoms with Crippen molar-refractivity contribution >= 4 is 15.9 Å². The van der Waals surface area contributed by atoms with Gasteiger partial charge in [-0.25, -0.2) is 17.7 Å². The normalized spacial score (nSPS) is 24.8. The molecular weight excluding hydrogens is 428 g/mol. The molecule has 0 saturated carbocycles.